The molecule has 6 aliphatic rings. The number of aromatic hydroxyl groups is 1. The molecule has 3 atom stereocenters. The molecule has 57 heavy (non-hydrogen) atoms. The lowest BCUT2D eigenvalue weighted by Gasteiger charge is -2.55. The number of likely N-dealkylation sites (tertiary alicyclic amines) is 1. The van der Waals surface area contributed by atoms with Gasteiger partial charge in [-0.15, -0.1) is 0 Å². The molecule has 1 spiro atoms. The molecule has 6 heterocycles. The summed E-state index contributed by atoms with van der Waals surface area (Å²) in [4.78, 5) is 71.7. The predicted octanol–water partition coefficient (Wildman–Crippen LogP) is 4.55. The predicted molar refractivity (Wildman–Crippen MR) is 209 cm³/mol. The number of amides is 5. The number of carbonyl (C=O) groups excluding carboxylic acids is 5. The molecule has 0 aliphatic carbocycles. The molecule has 290 valence electrons. The van der Waals surface area contributed by atoms with E-state index >= 15 is 0 Å². The molecule has 1 unspecified atom stereocenters. The number of phenolic OH excluding ortho intramolecular Hbond substituents is 1. The Labute approximate surface area is 330 Å². The fourth-order valence-corrected chi connectivity index (χ4v) is 10.0. The topological polar surface area (TPSA) is 140 Å². The van der Waals surface area contributed by atoms with Crippen LogP contribution in [0.3, 0.4) is 0 Å². The number of hydrogen-bond donors (Lipinski definition) is 2. The van der Waals surface area contributed by atoms with Gasteiger partial charge in [0.1, 0.15) is 17.5 Å². The van der Waals surface area contributed by atoms with Gasteiger partial charge in [-0.2, -0.15) is 0 Å². The van der Waals surface area contributed by atoms with Gasteiger partial charge in [-0.3, -0.25) is 39.1 Å². The van der Waals surface area contributed by atoms with E-state index in [1.165, 1.54) is 16.8 Å². The highest BCUT2D eigenvalue weighted by Crippen LogP contribution is 2.48. The zero-order valence-electron chi connectivity index (χ0n) is 31.5. The van der Waals surface area contributed by atoms with E-state index in [-0.39, 0.29) is 59.4 Å². The molecule has 12 heteroatoms. The van der Waals surface area contributed by atoms with Gasteiger partial charge < -0.3 is 19.6 Å². The molecule has 0 saturated carbocycles. The van der Waals surface area contributed by atoms with Crippen molar-refractivity contribution in [3.63, 3.8) is 0 Å². The van der Waals surface area contributed by atoms with Crippen LogP contribution in [0.25, 0.3) is 0 Å². The molecule has 10 rings (SSSR count). The minimum absolute atomic E-state index is 0.0765. The fraction of sp³-hybridized carbons (Fsp3) is 0.356. The van der Waals surface area contributed by atoms with Crippen molar-refractivity contribution >= 4 is 35.2 Å². The molecule has 3 fully saturated rings. The van der Waals surface area contributed by atoms with Crippen LogP contribution in [0.4, 0.5) is 5.69 Å². The number of hydrogen-bond acceptors (Lipinski definition) is 9. The quantitative estimate of drug-likeness (QED) is 0.271. The van der Waals surface area contributed by atoms with Crippen molar-refractivity contribution in [2.75, 3.05) is 44.2 Å². The van der Waals surface area contributed by atoms with E-state index < -0.39 is 29.7 Å². The maximum Gasteiger partial charge on any atom is 0.262 e. The maximum absolute atomic E-state index is 13.5. The first-order chi connectivity index (χ1) is 27.6. The summed E-state index contributed by atoms with van der Waals surface area (Å²) in [5.74, 6) is -0.800. The number of anilines is 1. The largest absolute Gasteiger partial charge is 0.508 e. The Hall–Kier alpha value is -6.01. The van der Waals surface area contributed by atoms with Crippen LogP contribution in [-0.2, 0) is 27.5 Å². The number of imide groups is 2. The monoisotopic (exact) mass is 765 g/mol. The van der Waals surface area contributed by atoms with E-state index in [4.69, 9.17) is 4.74 Å². The molecular weight excluding hydrogens is 723 g/mol. The normalized spacial score (nSPS) is 23.8. The first kappa shape index (κ1) is 35.4. The van der Waals surface area contributed by atoms with Gasteiger partial charge >= 0.3 is 0 Å². The summed E-state index contributed by atoms with van der Waals surface area (Å²) >= 11 is 0. The highest BCUT2D eigenvalue weighted by atomic mass is 16.5. The van der Waals surface area contributed by atoms with Gasteiger partial charge in [0.15, 0.2) is 0 Å². The number of benzene rings is 4. The summed E-state index contributed by atoms with van der Waals surface area (Å²) in [5.41, 5.74) is 7.27. The molecular formula is C45H43N5O7. The minimum atomic E-state index is -0.995. The zero-order chi connectivity index (χ0) is 39.0. The van der Waals surface area contributed by atoms with E-state index in [2.05, 4.69) is 63.6 Å². The van der Waals surface area contributed by atoms with Crippen LogP contribution in [0, 0.1) is 5.41 Å². The number of carbonyl (C=O) groups is 5. The molecule has 3 saturated heterocycles. The Morgan fingerprint density at radius 2 is 1.51 bits per heavy atom. The van der Waals surface area contributed by atoms with Gasteiger partial charge in [-0.25, -0.2) is 0 Å². The van der Waals surface area contributed by atoms with E-state index in [0.29, 0.717) is 19.7 Å². The van der Waals surface area contributed by atoms with Crippen molar-refractivity contribution in [1.29, 1.82) is 0 Å². The van der Waals surface area contributed by atoms with Gasteiger partial charge in [0, 0.05) is 80.3 Å². The number of piperidine rings is 2. The van der Waals surface area contributed by atoms with E-state index in [9.17, 15) is 29.1 Å². The number of phenols is 1. The first-order valence-electron chi connectivity index (χ1n) is 19.9. The summed E-state index contributed by atoms with van der Waals surface area (Å²) in [6.07, 6.45) is 2.11. The second-order valence-electron chi connectivity index (χ2n) is 16.6. The Morgan fingerprint density at radius 1 is 0.825 bits per heavy atom. The molecule has 0 aromatic heterocycles. The summed E-state index contributed by atoms with van der Waals surface area (Å²) in [5, 5.41) is 12.4. The molecule has 4 aromatic rings. The molecule has 0 bridgehead atoms. The fourth-order valence-electron chi connectivity index (χ4n) is 10.0. The van der Waals surface area contributed by atoms with Crippen LogP contribution in [0.2, 0.25) is 0 Å². The van der Waals surface area contributed by atoms with Crippen LogP contribution < -0.4 is 15.0 Å². The highest BCUT2D eigenvalue weighted by Gasteiger charge is 2.47. The SMILES string of the molecule is O=C1CCC(N2C(=O)c3cc4c(cc3C2=O)CN(CC(=O)N2CCC3(CC2)CN(c2ccc([C@@H]5c6ccc(O)cc6OC[C@@H]5c5ccccc5)cc2)C3)C4)C(=O)N1. The number of fused-ring (bicyclic) bond motifs is 3. The van der Waals surface area contributed by atoms with Gasteiger partial charge in [-0.05, 0) is 71.8 Å². The van der Waals surface area contributed by atoms with E-state index in [1.54, 1.807) is 24.3 Å². The standard InChI is InChI=1S/C45H43N5O7/c51-32-10-11-33-38(20-32)57-24-36(27-4-2-1-3-5-27)41(33)28-6-8-31(9-7-28)49-25-45(26-49)14-16-48(17-15-45)40(53)23-47-21-29-18-34-35(19-30(29)22-47)44(56)50(43(34)55)37-12-13-39(52)46-42(37)54/h1-11,18-20,36-37,41,51H,12-17,21-26H2,(H,46,52,54)/t36-,37?,41-/m1/s1. The summed E-state index contributed by atoms with van der Waals surface area (Å²) in [6, 6.07) is 27.3. The summed E-state index contributed by atoms with van der Waals surface area (Å²) in [6.45, 7) is 5.16. The van der Waals surface area contributed by atoms with Gasteiger partial charge in [0.25, 0.3) is 11.8 Å². The summed E-state index contributed by atoms with van der Waals surface area (Å²) in [7, 11) is 0. The van der Waals surface area contributed by atoms with E-state index in [0.717, 1.165) is 66.4 Å². The Kier molecular flexibility index (Phi) is 8.44. The Morgan fingerprint density at radius 3 is 2.18 bits per heavy atom. The lowest BCUT2D eigenvalue weighted by molar-refractivity contribution is -0.137. The molecule has 12 nitrogen and oxygen atoms in total. The van der Waals surface area contributed by atoms with Crippen LogP contribution >= 0.6 is 0 Å². The third-order valence-corrected chi connectivity index (χ3v) is 13.1. The van der Waals surface area contributed by atoms with Gasteiger partial charge in [-0.1, -0.05) is 48.5 Å². The van der Waals surface area contributed by atoms with Gasteiger partial charge in [0.05, 0.1) is 24.3 Å². The lowest BCUT2D eigenvalue weighted by Crippen LogP contribution is -2.61. The van der Waals surface area contributed by atoms with Crippen LogP contribution in [0.1, 0.15) is 86.1 Å². The van der Waals surface area contributed by atoms with Crippen molar-refractivity contribution in [3.8, 4) is 11.5 Å². The molecule has 5 amide bonds. The minimum Gasteiger partial charge on any atom is -0.508 e. The Balaban J connectivity index is 0.739. The average molecular weight is 766 g/mol. The van der Waals surface area contributed by atoms with Crippen LogP contribution in [-0.4, -0.2) is 94.7 Å². The number of rotatable bonds is 6. The van der Waals surface area contributed by atoms with Crippen LogP contribution in [0.15, 0.2) is 84.9 Å². The highest BCUT2D eigenvalue weighted by molar-refractivity contribution is 6.23. The van der Waals surface area contributed by atoms with Gasteiger partial charge in [0.2, 0.25) is 17.7 Å². The maximum atomic E-state index is 13.5. The van der Waals surface area contributed by atoms with E-state index in [1.807, 2.05) is 17.0 Å². The first-order valence-corrected chi connectivity index (χ1v) is 19.9. The average Bonchev–Trinajstić information content (AvgIpc) is 3.71. The van der Waals surface area contributed by atoms with Crippen molar-refractivity contribution < 1.29 is 33.8 Å². The third-order valence-electron chi connectivity index (χ3n) is 13.1. The number of nitrogens with zero attached hydrogens (tertiary/aromatic N) is 4. The molecule has 2 N–H and O–H groups in total. The number of nitrogens with one attached hydrogen (secondary N) is 1. The molecule has 6 aliphatic heterocycles. The Bertz CT molecular complexity index is 2280. The van der Waals surface area contributed by atoms with Crippen LogP contribution in [0.5, 0.6) is 11.5 Å². The molecule has 4 aromatic carbocycles. The second-order valence-corrected chi connectivity index (χ2v) is 16.6. The third kappa shape index (κ3) is 6.13. The molecule has 0 radical (unpaired) electrons. The lowest BCUT2D eigenvalue weighted by atomic mass is 9.71. The smallest absolute Gasteiger partial charge is 0.262 e. The van der Waals surface area contributed by atoms with Crippen molar-refractivity contribution in [2.24, 2.45) is 5.41 Å². The summed E-state index contributed by atoms with van der Waals surface area (Å²) < 4.78 is 6.15. The zero-order valence-corrected chi connectivity index (χ0v) is 31.5. The second kappa shape index (κ2) is 13.6. The van der Waals surface area contributed by atoms with Crippen molar-refractivity contribution in [2.45, 2.75) is 56.7 Å². The van der Waals surface area contributed by atoms with Crippen molar-refractivity contribution in [1.82, 2.24) is 20.0 Å². The van der Waals surface area contributed by atoms with Crippen molar-refractivity contribution in [3.05, 3.63) is 124 Å². The number of ether oxygens (including phenoxy) is 1.